The average molecular weight is 490 g/mol. The number of hydrogen-bond donors (Lipinski definition) is 8. The zero-order valence-corrected chi connectivity index (χ0v) is 19.3. The highest BCUT2D eigenvalue weighted by Crippen LogP contribution is 2.08. The Kier molecular flexibility index (Phi) is 14.1. The van der Waals surface area contributed by atoms with Crippen LogP contribution in [-0.2, 0) is 28.8 Å². The quantitative estimate of drug-likeness (QED) is 0.103. The Bertz CT molecular complexity index is 744. The monoisotopic (exact) mass is 489 g/mol. The van der Waals surface area contributed by atoms with Crippen LogP contribution in [0.4, 0.5) is 0 Å². The highest BCUT2D eigenvalue weighted by molar-refractivity contribution is 5.96. The molecule has 10 N–H and O–H groups in total. The van der Waals surface area contributed by atoms with E-state index >= 15 is 0 Å². The fourth-order valence-corrected chi connectivity index (χ4v) is 2.94. The van der Waals surface area contributed by atoms with Crippen LogP contribution in [0.3, 0.4) is 0 Å². The van der Waals surface area contributed by atoms with Gasteiger partial charge in [-0.05, 0) is 38.1 Å². The highest BCUT2D eigenvalue weighted by atomic mass is 16.4. The van der Waals surface area contributed by atoms with Gasteiger partial charge in [-0.15, -0.1) is 0 Å². The van der Waals surface area contributed by atoms with Gasteiger partial charge in [0.1, 0.15) is 18.1 Å². The molecule has 14 heteroatoms. The molecule has 194 valence electrons. The molecule has 0 heterocycles. The van der Waals surface area contributed by atoms with E-state index in [0.717, 1.165) is 0 Å². The van der Waals surface area contributed by atoms with Gasteiger partial charge in [0.2, 0.25) is 17.7 Å². The lowest BCUT2D eigenvalue weighted by atomic mass is 10.0. The van der Waals surface area contributed by atoms with Crippen molar-refractivity contribution < 1.29 is 44.1 Å². The number of rotatable bonds is 17. The third kappa shape index (κ3) is 12.7. The molecule has 0 saturated carbocycles. The van der Waals surface area contributed by atoms with Gasteiger partial charge in [-0.2, -0.15) is 0 Å². The van der Waals surface area contributed by atoms with Gasteiger partial charge >= 0.3 is 17.9 Å². The van der Waals surface area contributed by atoms with Crippen molar-refractivity contribution in [3.05, 3.63) is 0 Å². The summed E-state index contributed by atoms with van der Waals surface area (Å²) >= 11 is 0. The molecule has 0 bridgehead atoms. The summed E-state index contributed by atoms with van der Waals surface area (Å²) in [6.45, 7) is 3.81. The fourth-order valence-electron chi connectivity index (χ4n) is 2.94. The van der Waals surface area contributed by atoms with Gasteiger partial charge in [0.25, 0.3) is 0 Å². The molecule has 4 atom stereocenters. The van der Waals surface area contributed by atoms with Crippen molar-refractivity contribution >= 4 is 35.6 Å². The van der Waals surface area contributed by atoms with Crippen LogP contribution in [0.2, 0.25) is 0 Å². The molecule has 0 aliphatic rings. The first-order valence-electron chi connectivity index (χ1n) is 10.8. The first kappa shape index (κ1) is 30.7. The van der Waals surface area contributed by atoms with Gasteiger partial charge in [-0.25, -0.2) is 4.79 Å². The van der Waals surface area contributed by atoms with Crippen LogP contribution < -0.4 is 27.4 Å². The molecule has 0 aliphatic carbocycles. The summed E-state index contributed by atoms with van der Waals surface area (Å²) in [5.74, 6) is -7.03. The Morgan fingerprint density at radius 2 is 1.24 bits per heavy atom. The number of amides is 3. The third-order valence-electron chi connectivity index (χ3n) is 4.64. The van der Waals surface area contributed by atoms with Gasteiger partial charge in [0.15, 0.2) is 0 Å². The van der Waals surface area contributed by atoms with Crippen molar-refractivity contribution in [2.45, 2.75) is 76.5 Å². The summed E-state index contributed by atoms with van der Waals surface area (Å²) < 4.78 is 0. The van der Waals surface area contributed by atoms with Gasteiger partial charge in [0.05, 0.1) is 18.9 Å². The minimum atomic E-state index is -1.62. The van der Waals surface area contributed by atoms with Crippen molar-refractivity contribution in [3.8, 4) is 0 Å². The van der Waals surface area contributed by atoms with Crippen LogP contribution in [0, 0.1) is 5.92 Å². The molecule has 4 unspecified atom stereocenters. The summed E-state index contributed by atoms with van der Waals surface area (Å²) in [4.78, 5) is 71.0. The average Bonchev–Trinajstić information content (AvgIpc) is 2.70. The highest BCUT2D eigenvalue weighted by Gasteiger charge is 2.32. The molecule has 0 spiro atoms. The smallest absolute Gasteiger partial charge is 0.326 e. The number of nitrogens with two attached hydrogens (primary N) is 2. The van der Waals surface area contributed by atoms with Crippen LogP contribution in [0.1, 0.15) is 52.4 Å². The van der Waals surface area contributed by atoms with Crippen LogP contribution >= 0.6 is 0 Å². The lowest BCUT2D eigenvalue weighted by Gasteiger charge is -2.25. The van der Waals surface area contributed by atoms with E-state index < -0.39 is 72.6 Å². The molecule has 0 saturated heterocycles. The molecule has 0 aromatic heterocycles. The predicted octanol–water partition coefficient (Wildman–Crippen LogP) is -2.02. The lowest BCUT2D eigenvalue weighted by Crippen LogP contribution is -2.57. The van der Waals surface area contributed by atoms with E-state index in [9.17, 15) is 33.9 Å². The number of carboxylic acids is 3. The second-order valence-corrected chi connectivity index (χ2v) is 8.24. The first-order valence-corrected chi connectivity index (χ1v) is 10.8. The Hall–Kier alpha value is -3.26. The SMILES string of the molecule is CC(C)CC(NC(=O)C(N)CC(=O)O)C(=O)NC(CC(=O)O)C(=O)NC(CCCCN)C(=O)O. The van der Waals surface area contributed by atoms with E-state index in [1.165, 1.54) is 0 Å². The fraction of sp³-hybridized carbons (Fsp3) is 0.700. The third-order valence-corrected chi connectivity index (χ3v) is 4.64. The number of carboxylic acid groups (broad SMARTS) is 3. The first-order chi connectivity index (χ1) is 15.8. The molecular weight excluding hydrogens is 454 g/mol. The molecule has 0 aliphatic heterocycles. The zero-order chi connectivity index (χ0) is 26.4. The molecule has 14 nitrogen and oxygen atoms in total. The van der Waals surface area contributed by atoms with Crippen molar-refractivity contribution in [2.75, 3.05) is 6.54 Å². The number of unbranched alkanes of at least 4 members (excludes halogenated alkanes) is 1. The van der Waals surface area contributed by atoms with Crippen LogP contribution in [-0.4, -0.2) is 81.7 Å². The molecule has 0 aromatic carbocycles. The summed E-state index contributed by atoms with van der Waals surface area (Å²) in [6.07, 6.45) is -0.451. The Labute approximate surface area is 196 Å². The number of aliphatic carboxylic acids is 3. The summed E-state index contributed by atoms with van der Waals surface area (Å²) in [7, 11) is 0. The number of carbonyl (C=O) groups excluding carboxylic acids is 3. The van der Waals surface area contributed by atoms with Gasteiger partial charge in [0, 0.05) is 0 Å². The number of carbonyl (C=O) groups is 6. The Morgan fingerprint density at radius 1 is 0.735 bits per heavy atom. The summed E-state index contributed by atoms with van der Waals surface area (Å²) in [5.41, 5.74) is 10.9. The molecule has 0 radical (unpaired) electrons. The van der Waals surface area contributed by atoms with E-state index in [1.54, 1.807) is 13.8 Å². The van der Waals surface area contributed by atoms with Crippen molar-refractivity contribution in [2.24, 2.45) is 17.4 Å². The zero-order valence-electron chi connectivity index (χ0n) is 19.3. The second kappa shape index (κ2) is 15.6. The van der Waals surface area contributed by atoms with E-state index in [-0.39, 0.29) is 18.8 Å². The molecule has 3 amide bonds. The summed E-state index contributed by atoms with van der Waals surface area (Å²) in [6, 6.07) is -5.60. The molecular formula is C20H35N5O9. The Morgan fingerprint density at radius 3 is 1.71 bits per heavy atom. The minimum Gasteiger partial charge on any atom is -0.481 e. The minimum absolute atomic E-state index is 0.0551. The topological polar surface area (TPSA) is 251 Å². The second-order valence-electron chi connectivity index (χ2n) is 8.24. The summed E-state index contributed by atoms with van der Waals surface area (Å²) in [5, 5.41) is 34.0. The van der Waals surface area contributed by atoms with Crippen molar-refractivity contribution in [1.29, 1.82) is 0 Å². The van der Waals surface area contributed by atoms with Crippen molar-refractivity contribution in [3.63, 3.8) is 0 Å². The van der Waals surface area contributed by atoms with E-state index in [4.69, 9.17) is 21.7 Å². The molecule has 0 aromatic rings. The van der Waals surface area contributed by atoms with Crippen LogP contribution in [0.5, 0.6) is 0 Å². The molecule has 34 heavy (non-hydrogen) atoms. The van der Waals surface area contributed by atoms with Gasteiger partial charge in [-0.3, -0.25) is 24.0 Å². The largest absolute Gasteiger partial charge is 0.481 e. The van der Waals surface area contributed by atoms with Crippen LogP contribution in [0.15, 0.2) is 0 Å². The standard InChI is InChI=1S/C20H35N5O9/c1-10(2)7-13(24-17(30)11(22)8-15(26)27)18(31)25-14(9-16(28)29)19(32)23-12(20(33)34)5-3-4-6-21/h10-14H,3-9,21-22H2,1-2H3,(H,23,32)(H,24,30)(H,25,31)(H,26,27)(H,28,29)(H,33,34). The molecule has 0 rings (SSSR count). The maximum Gasteiger partial charge on any atom is 0.326 e. The number of hydrogen-bond acceptors (Lipinski definition) is 8. The normalized spacial score (nSPS) is 14.4. The van der Waals surface area contributed by atoms with E-state index in [0.29, 0.717) is 19.4 Å². The van der Waals surface area contributed by atoms with E-state index in [1.807, 2.05) is 0 Å². The Balaban J connectivity index is 5.48. The van der Waals surface area contributed by atoms with Gasteiger partial charge < -0.3 is 42.7 Å². The maximum atomic E-state index is 12.8. The molecule has 0 fully saturated rings. The van der Waals surface area contributed by atoms with Crippen molar-refractivity contribution in [1.82, 2.24) is 16.0 Å². The lowest BCUT2D eigenvalue weighted by molar-refractivity contribution is -0.143. The maximum absolute atomic E-state index is 12.8. The van der Waals surface area contributed by atoms with Crippen LogP contribution in [0.25, 0.3) is 0 Å². The van der Waals surface area contributed by atoms with E-state index in [2.05, 4.69) is 16.0 Å². The van der Waals surface area contributed by atoms with Gasteiger partial charge in [-0.1, -0.05) is 13.8 Å². The predicted molar refractivity (Wildman–Crippen MR) is 118 cm³/mol. The number of nitrogens with one attached hydrogen (secondary N) is 3.